The molecule has 0 aliphatic carbocycles. The number of hydrogen-bond acceptors (Lipinski definition) is 6. The molecule has 146 valence electrons. The number of esters is 1. The van der Waals surface area contributed by atoms with Gasteiger partial charge in [-0.15, -0.1) is 0 Å². The Morgan fingerprint density at radius 3 is 2.43 bits per heavy atom. The van der Waals surface area contributed by atoms with Crippen molar-refractivity contribution in [1.29, 1.82) is 0 Å². The van der Waals surface area contributed by atoms with E-state index < -0.39 is 36.6 Å². The number of hydrogen-bond donors (Lipinski definition) is 0. The van der Waals surface area contributed by atoms with Gasteiger partial charge in [-0.3, -0.25) is 4.90 Å². The van der Waals surface area contributed by atoms with Crippen LogP contribution in [0.1, 0.15) is 15.9 Å². The van der Waals surface area contributed by atoms with Gasteiger partial charge in [0, 0.05) is 7.11 Å². The zero-order valence-corrected chi connectivity index (χ0v) is 15.4. The summed E-state index contributed by atoms with van der Waals surface area (Å²) in [7, 11) is 1.49. The van der Waals surface area contributed by atoms with Gasteiger partial charge in [-0.25, -0.2) is 9.59 Å². The maximum Gasteiger partial charge on any atom is 0.410 e. The van der Waals surface area contributed by atoms with Crippen LogP contribution in [-0.2, 0) is 25.6 Å². The molecule has 0 unspecified atom stereocenters. The van der Waals surface area contributed by atoms with Crippen molar-refractivity contribution in [2.45, 2.75) is 31.1 Å². The van der Waals surface area contributed by atoms with Crippen LogP contribution in [0, 0.1) is 0 Å². The number of benzene rings is 2. The van der Waals surface area contributed by atoms with E-state index in [9.17, 15) is 9.59 Å². The van der Waals surface area contributed by atoms with Crippen LogP contribution < -0.4 is 0 Å². The molecule has 4 atom stereocenters. The van der Waals surface area contributed by atoms with Crippen LogP contribution >= 0.6 is 0 Å². The monoisotopic (exact) mass is 383 g/mol. The van der Waals surface area contributed by atoms with E-state index in [-0.39, 0.29) is 13.2 Å². The lowest BCUT2D eigenvalue weighted by Crippen LogP contribution is -2.49. The maximum atomic E-state index is 12.6. The summed E-state index contributed by atoms with van der Waals surface area (Å²) in [5, 5.41) is 0. The van der Waals surface area contributed by atoms with Crippen LogP contribution in [0.2, 0.25) is 0 Å². The molecule has 2 bridgehead atoms. The van der Waals surface area contributed by atoms with E-state index in [4.69, 9.17) is 18.9 Å². The Labute approximate surface area is 162 Å². The van der Waals surface area contributed by atoms with Crippen molar-refractivity contribution in [2.75, 3.05) is 13.7 Å². The Morgan fingerprint density at radius 1 is 1.07 bits per heavy atom. The number of nitrogens with zero attached hydrogens (tertiary/aromatic N) is 1. The Bertz CT molecular complexity index is 827. The fourth-order valence-electron chi connectivity index (χ4n) is 3.60. The van der Waals surface area contributed by atoms with Crippen molar-refractivity contribution in [3.05, 3.63) is 71.8 Å². The summed E-state index contributed by atoms with van der Waals surface area (Å²) in [6.07, 6.45) is -2.21. The number of fused-ring (bicyclic) bond motifs is 2. The van der Waals surface area contributed by atoms with E-state index in [0.717, 1.165) is 5.56 Å². The van der Waals surface area contributed by atoms with Gasteiger partial charge in [0.1, 0.15) is 18.8 Å². The number of carbonyl (C=O) groups excluding carboxylic acids is 2. The highest BCUT2D eigenvalue weighted by Gasteiger charge is 2.58. The van der Waals surface area contributed by atoms with Crippen molar-refractivity contribution < 1.29 is 28.5 Å². The van der Waals surface area contributed by atoms with Gasteiger partial charge in [0.05, 0.1) is 12.1 Å². The first-order chi connectivity index (χ1) is 13.7. The molecule has 1 amide bonds. The van der Waals surface area contributed by atoms with Gasteiger partial charge in [0.2, 0.25) is 0 Å². The first-order valence-corrected chi connectivity index (χ1v) is 9.09. The first-order valence-electron chi connectivity index (χ1n) is 9.09. The van der Waals surface area contributed by atoms with Crippen molar-refractivity contribution in [2.24, 2.45) is 0 Å². The number of likely N-dealkylation sites (tertiary alicyclic amines) is 1. The molecule has 0 N–H and O–H groups in total. The molecule has 2 aliphatic rings. The van der Waals surface area contributed by atoms with Crippen molar-refractivity contribution in [1.82, 2.24) is 4.90 Å². The molecule has 2 aromatic rings. The fraction of sp³-hybridized carbons (Fsp3) is 0.333. The van der Waals surface area contributed by atoms with Crippen LogP contribution in [-0.4, -0.2) is 55.2 Å². The Hall–Kier alpha value is -2.90. The SMILES string of the molecule is CO[C@H]1O[C@@H]2CN(C(=O)OCc3ccccc3)[C@H]1[C@H]2OC(=O)c1ccccc1. The van der Waals surface area contributed by atoms with Crippen molar-refractivity contribution >= 4 is 12.1 Å². The summed E-state index contributed by atoms with van der Waals surface area (Å²) >= 11 is 0. The topological polar surface area (TPSA) is 74.3 Å². The Balaban J connectivity index is 1.43. The van der Waals surface area contributed by atoms with Crippen molar-refractivity contribution in [3.63, 3.8) is 0 Å². The molecule has 7 nitrogen and oxygen atoms in total. The lowest BCUT2D eigenvalue weighted by molar-refractivity contribution is -0.162. The minimum Gasteiger partial charge on any atom is -0.454 e. The molecule has 2 fully saturated rings. The van der Waals surface area contributed by atoms with E-state index in [1.807, 2.05) is 36.4 Å². The fourth-order valence-corrected chi connectivity index (χ4v) is 3.60. The van der Waals surface area contributed by atoms with E-state index in [2.05, 4.69) is 0 Å². The van der Waals surface area contributed by atoms with Gasteiger partial charge in [0.25, 0.3) is 0 Å². The minimum atomic E-state index is -0.670. The molecule has 4 rings (SSSR count). The average molecular weight is 383 g/mol. The standard InChI is InChI=1S/C21H21NO6/c1-25-20-17-18(28-19(23)15-10-6-3-7-11-15)16(27-20)12-22(17)21(24)26-13-14-8-4-2-5-9-14/h2-11,16-18,20H,12-13H2,1H3/t16-,17+,18+,20+/m1/s1. The molecular formula is C21H21NO6. The molecule has 0 spiro atoms. The third-order valence-electron chi connectivity index (χ3n) is 4.95. The zero-order chi connectivity index (χ0) is 19.5. The van der Waals surface area contributed by atoms with Crippen molar-refractivity contribution in [3.8, 4) is 0 Å². The second-order valence-corrected chi connectivity index (χ2v) is 6.70. The molecular weight excluding hydrogens is 362 g/mol. The third-order valence-corrected chi connectivity index (χ3v) is 4.95. The summed E-state index contributed by atoms with van der Waals surface area (Å²) in [5.74, 6) is -0.458. The Morgan fingerprint density at radius 2 is 1.75 bits per heavy atom. The summed E-state index contributed by atoms with van der Waals surface area (Å²) in [4.78, 5) is 26.6. The number of morpholine rings is 1. The number of rotatable bonds is 5. The van der Waals surface area contributed by atoms with Gasteiger partial charge >= 0.3 is 12.1 Å². The van der Waals surface area contributed by atoms with Crippen LogP contribution in [0.5, 0.6) is 0 Å². The average Bonchev–Trinajstić information content (AvgIpc) is 3.27. The van der Waals surface area contributed by atoms with Gasteiger partial charge < -0.3 is 18.9 Å². The van der Waals surface area contributed by atoms with Crippen LogP contribution in [0.25, 0.3) is 0 Å². The summed E-state index contributed by atoms with van der Waals surface area (Å²) in [6.45, 7) is 0.450. The first kappa shape index (κ1) is 18.5. The molecule has 2 heterocycles. The number of amides is 1. The van der Waals surface area contributed by atoms with Gasteiger partial charge in [-0.2, -0.15) is 0 Å². The highest BCUT2D eigenvalue weighted by Crippen LogP contribution is 2.36. The van der Waals surface area contributed by atoms with Gasteiger partial charge in [0.15, 0.2) is 12.4 Å². The largest absolute Gasteiger partial charge is 0.454 e. The Kier molecular flexibility index (Phi) is 5.27. The second kappa shape index (κ2) is 8.00. The second-order valence-electron chi connectivity index (χ2n) is 6.70. The predicted molar refractivity (Wildman–Crippen MR) is 98.4 cm³/mol. The van der Waals surface area contributed by atoms with Gasteiger partial charge in [-0.1, -0.05) is 48.5 Å². The van der Waals surface area contributed by atoms with Crippen LogP contribution in [0.15, 0.2) is 60.7 Å². The van der Waals surface area contributed by atoms with Crippen LogP contribution in [0.3, 0.4) is 0 Å². The van der Waals surface area contributed by atoms with E-state index >= 15 is 0 Å². The zero-order valence-electron chi connectivity index (χ0n) is 15.4. The smallest absolute Gasteiger partial charge is 0.410 e. The minimum absolute atomic E-state index is 0.167. The highest BCUT2D eigenvalue weighted by atomic mass is 16.7. The van der Waals surface area contributed by atoms with E-state index in [0.29, 0.717) is 5.56 Å². The third kappa shape index (κ3) is 3.58. The highest BCUT2D eigenvalue weighted by molar-refractivity contribution is 5.89. The number of carbonyl (C=O) groups is 2. The molecule has 0 saturated carbocycles. The quantitative estimate of drug-likeness (QED) is 0.739. The predicted octanol–water partition coefficient (Wildman–Crippen LogP) is 2.60. The molecule has 0 radical (unpaired) electrons. The molecule has 2 aromatic carbocycles. The maximum absolute atomic E-state index is 12.6. The molecule has 28 heavy (non-hydrogen) atoms. The summed E-state index contributed by atoms with van der Waals surface area (Å²) < 4.78 is 22.2. The molecule has 7 heteroatoms. The molecule has 2 saturated heterocycles. The summed E-state index contributed by atoms with van der Waals surface area (Å²) in [5.41, 5.74) is 1.34. The van der Waals surface area contributed by atoms with Crippen LogP contribution in [0.4, 0.5) is 4.79 Å². The number of methoxy groups -OCH3 is 1. The lowest BCUT2D eigenvalue weighted by Gasteiger charge is -2.30. The van der Waals surface area contributed by atoms with E-state index in [1.54, 1.807) is 24.3 Å². The van der Waals surface area contributed by atoms with E-state index in [1.165, 1.54) is 12.0 Å². The van der Waals surface area contributed by atoms with Gasteiger partial charge in [-0.05, 0) is 17.7 Å². The molecule has 2 aliphatic heterocycles. The molecule has 0 aromatic heterocycles. The lowest BCUT2D eigenvalue weighted by atomic mass is 10.1. The summed E-state index contributed by atoms with van der Waals surface area (Å²) in [6, 6.07) is 17.6. The number of ether oxygens (including phenoxy) is 4. The normalized spacial score (nSPS) is 25.5.